The van der Waals surface area contributed by atoms with Crippen molar-refractivity contribution in [1.29, 1.82) is 0 Å². The molecule has 0 saturated heterocycles. The van der Waals surface area contributed by atoms with Gasteiger partial charge in [-0.1, -0.05) is 48.3 Å². The molecule has 0 aliphatic heterocycles. The van der Waals surface area contributed by atoms with Gasteiger partial charge >= 0.3 is 0 Å². The van der Waals surface area contributed by atoms with E-state index in [1.807, 2.05) is 13.8 Å². The standard InChI is InChI=1S/C24H31Cl2N3O5S/c1-6-20(24(31)27-16(2)3)28(14-17-10-12-18(34-4)13-11-17)22(30)15-29(35(5,32)33)21-9-7-8-19(25)23(21)26/h7-13,16,20H,6,14-15H2,1-5H3,(H,27,31). The molecule has 1 N–H and O–H groups in total. The minimum Gasteiger partial charge on any atom is -0.497 e. The molecule has 0 aliphatic carbocycles. The summed E-state index contributed by atoms with van der Waals surface area (Å²) >= 11 is 12.4. The molecule has 2 rings (SSSR count). The minimum atomic E-state index is -3.91. The first-order valence-corrected chi connectivity index (χ1v) is 13.6. The van der Waals surface area contributed by atoms with Crippen molar-refractivity contribution in [3.05, 3.63) is 58.1 Å². The number of halogens is 2. The third-order valence-electron chi connectivity index (χ3n) is 5.21. The van der Waals surface area contributed by atoms with Crippen LogP contribution in [0.25, 0.3) is 0 Å². The maximum atomic E-state index is 13.6. The van der Waals surface area contributed by atoms with E-state index in [-0.39, 0.29) is 34.2 Å². The Balaban J connectivity index is 2.48. The number of hydrogen-bond acceptors (Lipinski definition) is 5. The molecule has 192 valence electrons. The van der Waals surface area contributed by atoms with Gasteiger partial charge in [0.25, 0.3) is 0 Å². The van der Waals surface area contributed by atoms with E-state index in [2.05, 4.69) is 5.32 Å². The van der Waals surface area contributed by atoms with Crippen molar-refractivity contribution in [2.45, 2.75) is 45.8 Å². The summed E-state index contributed by atoms with van der Waals surface area (Å²) in [7, 11) is -2.36. The van der Waals surface area contributed by atoms with Crippen LogP contribution in [0.3, 0.4) is 0 Å². The van der Waals surface area contributed by atoms with E-state index in [0.717, 1.165) is 16.1 Å². The van der Waals surface area contributed by atoms with E-state index in [1.54, 1.807) is 44.4 Å². The molecule has 0 fully saturated rings. The molecule has 0 bridgehead atoms. The second kappa shape index (κ2) is 12.5. The lowest BCUT2D eigenvalue weighted by Crippen LogP contribution is -2.53. The molecule has 0 spiro atoms. The largest absolute Gasteiger partial charge is 0.497 e. The van der Waals surface area contributed by atoms with Crippen LogP contribution in [0.1, 0.15) is 32.8 Å². The summed E-state index contributed by atoms with van der Waals surface area (Å²) in [6, 6.07) is 10.7. The normalized spacial score (nSPS) is 12.2. The summed E-state index contributed by atoms with van der Waals surface area (Å²) in [5, 5.41) is 3.01. The lowest BCUT2D eigenvalue weighted by molar-refractivity contribution is -0.140. The third kappa shape index (κ3) is 7.75. The summed E-state index contributed by atoms with van der Waals surface area (Å²) < 4.78 is 31.4. The van der Waals surface area contributed by atoms with Gasteiger partial charge in [0, 0.05) is 12.6 Å². The number of rotatable bonds is 11. The number of nitrogens with one attached hydrogen (secondary N) is 1. The highest BCUT2D eigenvalue weighted by molar-refractivity contribution is 7.92. The molecule has 0 heterocycles. The zero-order chi connectivity index (χ0) is 26.3. The number of ether oxygens (including phenoxy) is 1. The lowest BCUT2D eigenvalue weighted by atomic mass is 10.1. The quantitative estimate of drug-likeness (QED) is 0.460. The fourth-order valence-corrected chi connectivity index (χ4v) is 4.81. The molecule has 1 unspecified atom stereocenters. The molecule has 8 nitrogen and oxygen atoms in total. The highest BCUT2D eigenvalue weighted by Crippen LogP contribution is 2.33. The van der Waals surface area contributed by atoms with E-state index in [9.17, 15) is 18.0 Å². The molecular formula is C24H31Cl2N3O5S. The van der Waals surface area contributed by atoms with Crippen LogP contribution in [-0.4, -0.2) is 57.1 Å². The maximum absolute atomic E-state index is 13.6. The van der Waals surface area contributed by atoms with Crippen LogP contribution in [0.2, 0.25) is 10.0 Å². The Labute approximate surface area is 217 Å². The van der Waals surface area contributed by atoms with Gasteiger partial charge in [-0.3, -0.25) is 13.9 Å². The van der Waals surface area contributed by atoms with Gasteiger partial charge in [-0.25, -0.2) is 8.42 Å². The maximum Gasteiger partial charge on any atom is 0.244 e. The zero-order valence-corrected chi connectivity index (χ0v) is 22.7. The second-order valence-electron chi connectivity index (χ2n) is 8.30. The Morgan fingerprint density at radius 3 is 2.23 bits per heavy atom. The van der Waals surface area contributed by atoms with Crippen LogP contribution in [0.5, 0.6) is 5.75 Å². The molecule has 2 amide bonds. The number of anilines is 1. The Morgan fingerprint density at radius 1 is 1.09 bits per heavy atom. The van der Waals surface area contributed by atoms with Crippen LogP contribution in [0.15, 0.2) is 42.5 Å². The highest BCUT2D eigenvalue weighted by Gasteiger charge is 2.32. The van der Waals surface area contributed by atoms with Gasteiger partial charge in [-0.15, -0.1) is 0 Å². The van der Waals surface area contributed by atoms with Crippen LogP contribution in [0.4, 0.5) is 5.69 Å². The summed E-state index contributed by atoms with van der Waals surface area (Å²) in [6.07, 6.45) is 1.31. The monoisotopic (exact) mass is 543 g/mol. The topological polar surface area (TPSA) is 96.0 Å². The SMILES string of the molecule is CCC(C(=O)NC(C)C)N(Cc1ccc(OC)cc1)C(=O)CN(c1cccc(Cl)c1Cl)S(C)(=O)=O. The van der Waals surface area contributed by atoms with E-state index in [4.69, 9.17) is 27.9 Å². The first-order chi connectivity index (χ1) is 16.4. The van der Waals surface area contributed by atoms with Crippen molar-refractivity contribution < 1.29 is 22.7 Å². The predicted molar refractivity (Wildman–Crippen MR) is 140 cm³/mol. The van der Waals surface area contributed by atoms with Crippen LogP contribution in [0, 0.1) is 0 Å². The number of carbonyl (C=O) groups is 2. The highest BCUT2D eigenvalue weighted by atomic mass is 35.5. The number of sulfonamides is 1. The Kier molecular flexibility index (Phi) is 10.2. The van der Waals surface area contributed by atoms with Gasteiger partial charge in [-0.05, 0) is 50.1 Å². The number of benzene rings is 2. The minimum absolute atomic E-state index is 0.0127. The van der Waals surface area contributed by atoms with Crippen molar-refractivity contribution in [2.24, 2.45) is 0 Å². The average Bonchev–Trinajstić information content (AvgIpc) is 2.78. The van der Waals surface area contributed by atoms with Gasteiger partial charge in [0.15, 0.2) is 0 Å². The number of amides is 2. The van der Waals surface area contributed by atoms with E-state index in [1.165, 1.54) is 17.0 Å². The molecule has 11 heteroatoms. The summed E-state index contributed by atoms with van der Waals surface area (Å²) in [4.78, 5) is 28.0. The van der Waals surface area contributed by atoms with Crippen molar-refractivity contribution >= 4 is 50.7 Å². The van der Waals surface area contributed by atoms with Gasteiger partial charge < -0.3 is 15.0 Å². The van der Waals surface area contributed by atoms with E-state index >= 15 is 0 Å². The fraction of sp³-hybridized carbons (Fsp3) is 0.417. The van der Waals surface area contributed by atoms with Crippen LogP contribution >= 0.6 is 23.2 Å². The van der Waals surface area contributed by atoms with Crippen LogP contribution < -0.4 is 14.4 Å². The summed E-state index contributed by atoms with van der Waals surface area (Å²) in [5.41, 5.74) is 0.834. The van der Waals surface area contributed by atoms with Gasteiger partial charge in [0.05, 0.1) is 29.1 Å². The van der Waals surface area contributed by atoms with E-state index in [0.29, 0.717) is 12.2 Å². The smallest absolute Gasteiger partial charge is 0.244 e. The molecule has 2 aromatic rings. The first kappa shape index (κ1) is 28.7. The van der Waals surface area contributed by atoms with Crippen molar-refractivity contribution in [1.82, 2.24) is 10.2 Å². The molecule has 0 aliphatic rings. The number of nitrogens with zero attached hydrogens (tertiary/aromatic N) is 2. The number of carbonyl (C=O) groups excluding carboxylic acids is 2. The fourth-order valence-electron chi connectivity index (χ4n) is 3.51. The molecule has 2 aromatic carbocycles. The molecule has 1 atom stereocenters. The average molecular weight is 545 g/mol. The Morgan fingerprint density at radius 2 is 1.71 bits per heavy atom. The van der Waals surface area contributed by atoms with Crippen molar-refractivity contribution in [2.75, 3.05) is 24.2 Å². The molecule has 0 radical (unpaired) electrons. The Hall–Kier alpha value is -2.49. The molecule has 35 heavy (non-hydrogen) atoms. The molecule has 0 aromatic heterocycles. The number of hydrogen-bond donors (Lipinski definition) is 1. The lowest BCUT2D eigenvalue weighted by Gasteiger charge is -2.33. The predicted octanol–water partition coefficient (Wildman–Crippen LogP) is 4.10. The van der Waals surface area contributed by atoms with Crippen molar-refractivity contribution in [3.8, 4) is 5.75 Å². The second-order valence-corrected chi connectivity index (χ2v) is 11.0. The summed E-state index contributed by atoms with van der Waals surface area (Å²) in [5.74, 6) is -0.237. The van der Waals surface area contributed by atoms with E-state index < -0.39 is 28.5 Å². The molecule has 0 saturated carbocycles. The molecular weight excluding hydrogens is 513 g/mol. The third-order valence-corrected chi connectivity index (χ3v) is 7.14. The first-order valence-electron chi connectivity index (χ1n) is 11.0. The summed E-state index contributed by atoms with van der Waals surface area (Å²) in [6.45, 7) is 4.98. The number of methoxy groups -OCH3 is 1. The van der Waals surface area contributed by atoms with Gasteiger partial charge in [0.2, 0.25) is 21.8 Å². The zero-order valence-electron chi connectivity index (χ0n) is 20.4. The van der Waals surface area contributed by atoms with Crippen LogP contribution in [-0.2, 0) is 26.2 Å². The van der Waals surface area contributed by atoms with Gasteiger partial charge in [0.1, 0.15) is 18.3 Å². The van der Waals surface area contributed by atoms with Gasteiger partial charge in [-0.2, -0.15) is 0 Å². The Bertz CT molecular complexity index is 1140. The van der Waals surface area contributed by atoms with Crippen molar-refractivity contribution in [3.63, 3.8) is 0 Å².